The van der Waals surface area contributed by atoms with E-state index in [2.05, 4.69) is 36.5 Å². The second kappa shape index (κ2) is 9.67. The van der Waals surface area contributed by atoms with Crippen molar-refractivity contribution in [2.75, 3.05) is 9.74 Å². The summed E-state index contributed by atoms with van der Waals surface area (Å²) in [6.07, 6.45) is 1.68. The van der Waals surface area contributed by atoms with Gasteiger partial charge in [0.05, 0.1) is 15.0 Å². The second-order valence-corrected chi connectivity index (χ2v) is 8.74. The molecule has 0 saturated heterocycles. The quantitative estimate of drug-likeness (QED) is 0.231. The molecule has 2 aromatic carbocycles. The van der Waals surface area contributed by atoms with Crippen LogP contribution in [0.3, 0.4) is 0 Å². The molecule has 3 rings (SSSR count). The van der Waals surface area contributed by atoms with Gasteiger partial charge in [-0.2, -0.15) is 0 Å². The molecule has 3 aromatic rings. The lowest BCUT2D eigenvalue weighted by Gasteiger charge is -2.05. The molecule has 0 bridgehead atoms. The van der Waals surface area contributed by atoms with Gasteiger partial charge in [-0.25, -0.2) is 0 Å². The molecule has 0 fully saturated rings. The number of alkyl halides is 1. The second-order valence-electron chi connectivity index (χ2n) is 6.43. The Hall–Kier alpha value is -1.70. The Morgan fingerprint density at radius 2 is 1.75 bits per heavy atom. The molecule has 1 heterocycles. The number of amides is 1. The molecule has 28 heavy (non-hydrogen) atoms. The number of nitrogens with one attached hydrogen (secondary N) is 1. The Morgan fingerprint density at radius 3 is 2.43 bits per heavy atom. The summed E-state index contributed by atoms with van der Waals surface area (Å²) in [6.45, 7) is 2.07. The Morgan fingerprint density at radius 1 is 1.04 bits per heavy atom. The van der Waals surface area contributed by atoms with E-state index in [4.69, 9.17) is 11.6 Å². The largest absolute Gasteiger partial charge is 0.316 e. The average Bonchev–Trinajstić information content (AvgIpc) is 3.10. The zero-order chi connectivity index (χ0) is 20.1. The number of carbonyl (C=O) groups is 2. The van der Waals surface area contributed by atoms with Crippen molar-refractivity contribution < 1.29 is 9.59 Å². The number of anilines is 1. The van der Waals surface area contributed by atoms with Crippen molar-refractivity contribution in [3.63, 3.8) is 0 Å². The summed E-state index contributed by atoms with van der Waals surface area (Å²) >= 11 is 9.67. The minimum atomic E-state index is -0.174. The van der Waals surface area contributed by atoms with Gasteiger partial charge < -0.3 is 5.32 Å². The highest BCUT2D eigenvalue weighted by atomic mass is 127. The molecule has 144 valence electrons. The third kappa shape index (κ3) is 5.21. The molecule has 0 aliphatic heterocycles. The summed E-state index contributed by atoms with van der Waals surface area (Å²) < 4.78 is 0.327. The van der Waals surface area contributed by atoms with E-state index in [1.54, 1.807) is 24.3 Å². The number of hydrogen-bond acceptors (Lipinski definition) is 3. The van der Waals surface area contributed by atoms with Crippen LogP contribution in [0.5, 0.6) is 0 Å². The van der Waals surface area contributed by atoms with E-state index >= 15 is 0 Å². The van der Waals surface area contributed by atoms with E-state index in [-0.39, 0.29) is 11.7 Å². The average molecular weight is 524 g/mol. The molecule has 1 amide bonds. The normalized spacial score (nSPS) is 10.7. The van der Waals surface area contributed by atoms with Gasteiger partial charge in [0.25, 0.3) is 0 Å². The van der Waals surface area contributed by atoms with E-state index in [0.717, 1.165) is 17.7 Å². The van der Waals surface area contributed by atoms with Crippen molar-refractivity contribution in [3.8, 4) is 0 Å². The van der Waals surface area contributed by atoms with Crippen LogP contribution in [0.2, 0.25) is 5.02 Å². The van der Waals surface area contributed by atoms with Crippen LogP contribution < -0.4 is 5.32 Å². The molecule has 1 N–H and O–H groups in total. The van der Waals surface area contributed by atoms with Gasteiger partial charge >= 0.3 is 0 Å². The van der Waals surface area contributed by atoms with Gasteiger partial charge in [-0.05, 0) is 43.5 Å². The summed E-state index contributed by atoms with van der Waals surface area (Å²) in [5, 5.41) is 3.86. The molecule has 1 aromatic heterocycles. The molecule has 0 radical (unpaired) electrons. The summed E-state index contributed by atoms with van der Waals surface area (Å²) in [4.78, 5) is 26.0. The highest BCUT2D eigenvalue weighted by molar-refractivity contribution is 14.1. The summed E-state index contributed by atoms with van der Waals surface area (Å²) in [6, 6.07) is 17.3. The Kier molecular flexibility index (Phi) is 7.26. The van der Waals surface area contributed by atoms with Crippen LogP contribution >= 0.6 is 45.5 Å². The minimum absolute atomic E-state index is 0.124. The van der Waals surface area contributed by atoms with Crippen molar-refractivity contribution >= 4 is 62.2 Å². The van der Waals surface area contributed by atoms with Crippen molar-refractivity contribution in [2.24, 2.45) is 0 Å². The Balaban J connectivity index is 1.87. The van der Waals surface area contributed by atoms with Gasteiger partial charge in [0.15, 0.2) is 5.78 Å². The number of benzene rings is 2. The van der Waals surface area contributed by atoms with E-state index in [0.29, 0.717) is 25.6 Å². The van der Waals surface area contributed by atoms with Gasteiger partial charge in [0.1, 0.15) is 5.00 Å². The molecular formula is C22H19ClINO2S. The van der Waals surface area contributed by atoms with Gasteiger partial charge in [0.2, 0.25) is 5.91 Å². The summed E-state index contributed by atoms with van der Waals surface area (Å²) in [7, 11) is 0. The predicted molar refractivity (Wildman–Crippen MR) is 125 cm³/mol. The summed E-state index contributed by atoms with van der Waals surface area (Å²) in [5.74, 6) is -0.298. The van der Waals surface area contributed by atoms with Gasteiger partial charge in [-0.3, -0.25) is 9.59 Å². The molecular weight excluding hydrogens is 505 g/mol. The van der Waals surface area contributed by atoms with Crippen molar-refractivity contribution in [3.05, 3.63) is 86.8 Å². The molecule has 3 nitrogen and oxygen atoms in total. The molecule has 0 spiro atoms. The molecule has 0 unspecified atom stereocenters. The van der Waals surface area contributed by atoms with Gasteiger partial charge in [-0.15, -0.1) is 11.3 Å². The van der Waals surface area contributed by atoms with Gasteiger partial charge in [0, 0.05) is 10.4 Å². The number of aryl methyl sites for hydroxylation is 3. The first-order chi connectivity index (χ1) is 13.5. The standard InChI is InChI=1S/C22H19ClINO2S/c1-14-6-8-15(9-7-14)10-11-16-12-18(22(28-16)25-20(26)13-24)21(27)17-4-2-3-5-19(17)23/h2-9,12H,10-11,13H2,1H3,(H,25,26). The fourth-order valence-electron chi connectivity index (χ4n) is 2.80. The van der Waals surface area contributed by atoms with Gasteiger partial charge in [-0.1, -0.05) is 76.2 Å². The first kappa shape index (κ1) is 21.0. The Labute approximate surface area is 187 Å². The van der Waals surface area contributed by atoms with E-state index in [1.807, 2.05) is 28.7 Å². The lowest BCUT2D eigenvalue weighted by Crippen LogP contribution is -2.14. The van der Waals surface area contributed by atoms with Crippen molar-refractivity contribution in [1.82, 2.24) is 0 Å². The molecule has 0 atom stereocenters. The minimum Gasteiger partial charge on any atom is -0.316 e. The van der Waals surface area contributed by atoms with Crippen molar-refractivity contribution in [2.45, 2.75) is 19.8 Å². The van der Waals surface area contributed by atoms with Crippen LogP contribution in [-0.2, 0) is 17.6 Å². The molecule has 6 heteroatoms. The van der Waals surface area contributed by atoms with Crippen LogP contribution in [0.1, 0.15) is 31.9 Å². The van der Waals surface area contributed by atoms with Crippen LogP contribution in [0, 0.1) is 6.92 Å². The fraction of sp³-hybridized carbons (Fsp3) is 0.182. The fourth-order valence-corrected chi connectivity index (χ4v) is 4.28. The topological polar surface area (TPSA) is 46.2 Å². The third-order valence-corrected chi connectivity index (χ3v) is 6.43. The SMILES string of the molecule is Cc1ccc(CCc2cc(C(=O)c3ccccc3Cl)c(NC(=O)CI)s2)cc1. The number of rotatable bonds is 7. The van der Waals surface area contributed by atoms with Crippen LogP contribution in [0.25, 0.3) is 0 Å². The Bertz CT molecular complexity index is 998. The number of hydrogen-bond donors (Lipinski definition) is 1. The van der Waals surface area contributed by atoms with Crippen LogP contribution in [-0.4, -0.2) is 16.1 Å². The lowest BCUT2D eigenvalue weighted by molar-refractivity contribution is -0.113. The third-order valence-electron chi connectivity index (χ3n) is 4.30. The molecule has 0 aliphatic rings. The lowest BCUT2D eigenvalue weighted by atomic mass is 10.0. The van der Waals surface area contributed by atoms with E-state index in [9.17, 15) is 9.59 Å². The number of thiophene rings is 1. The number of ketones is 1. The number of halogens is 2. The highest BCUT2D eigenvalue weighted by Gasteiger charge is 2.20. The maximum Gasteiger partial charge on any atom is 0.234 e. The van der Waals surface area contributed by atoms with E-state index in [1.165, 1.54) is 22.5 Å². The first-order valence-corrected chi connectivity index (χ1v) is 11.5. The van der Waals surface area contributed by atoms with Crippen molar-refractivity contribution in [1.29, 1.82) is 0 Å². The highest BCUT2D eigenvalue weighted by Crippen LogP contribution is 2.32. The smallest absolute Gasteiger partial charge is 0.234 e. The monoisotopic (exact) mass is 523 g/mol. The zero-order valence-electron chi connectivity index (χ0n) is 15.3. The van der Waals surface area contributed by atoms with E-state index < -0.39 is 0 Å². The van der Waals surface area contributed by atoms with Crippen LogP contribution in [0.15, 0.2) is 54.6 Å². The molecule has 0 aliphatic carbocycles. The maximum absolute atomic E-state index is 13.1. The maximum atomic E-state index is 13.1. The summed E-state index contributed by atoms with van der Waals surface area (Å²) in [5.41, 5.74) is 3.42. The number of carbonyl (C=O) groups excluding carboxylic acids is 2. The zero-order valence-corrected chi connectivity index (χ0v) is 19.0. The first-order valence-electron chi connectivity index (χ1n) is 8.81. The molecule has 0 saturated carbocycles. The van der Waals surface area contributed by atoms with Crippen LogP contribution in [0.4, 0.5) is 5.00 Å². The predicted octanol–water partition coefficient (Wildman–Crippen LogP) is 6.10.